The summed E-state index contributed by atoms with van der Waals surface area (Å²) in [5.74, 6) is 0. The van der Waals surface area contributed by atoms with Crippen molar-refractivity contribution < 1.29 is 14.4 Å². The van der Waals surface area contributed by atoms with Crippen LogP contribution in [0.25, 0.3) is 0 Å². The van der Waals surface area contributed by atoms with Gasteiger partial charge in [0.2, 0.25) is 12.2 Å². The third-order valence-electron chi connectivity index (χ3n) is 1.42. The van der Waals surface area contributed by atoms with Crippen LogP contribution in [0.2, 0.25) is 0 Å². The lowest BCUT2D eigenvalue weighted by Crippen LogP contribution is -2.18. The number of primary amides is 2. The van der Waals surface area contributed by atoms with Crippen LogP contribution in [-0.2, 0) is 9.59 Å². The molecule has 0 unspecified atom stereocenters. The number of isocyanates is 2. The van der Waals surface area contributed by atoms with Crippen LogP contribution in [0.3, 0.4) is 0 Å². The third kappa shape index (κ3) is 29.6. The van der Waals surface area contributed by atoms with Gasteiger partial charge in [0, 0.05) is 0 Å². The van der Waals surface area contributed by atoms with Gasteiger partial charge in [-0.25, -0.2) is 24.4 Å². The monoisotopic (exact) mass is 228 g/mol. The Labute approximate surface area is 93.6 Å². The van der Waals surface area contributed by atoms with E-state index in [1.807, 2.05) is 0 Å². The maximum atomic E-state index is 9.63. The second-order valence-electron chi connectivity index (χ2n) is 2.76. The number of rotatable bonds is 7. The van der Waals surface area contributed by atoms with Gasteiger partial charge in [-0.2, -0.15) is 0 Å². The highest BCUT2D eigenvalue weighted by Gasteiger charge is 1.87. The number of amides is 2. The summed E-state index contributed by atoms with van der Waals surface area (Å²) < 4.78 is 0. The Morgan fingerprint density at radius 3 is 1.44 bits per heavy atom. The van der Waals surface area contributed by atoms with Gasteiger partial charge in [-0.1, -0.05) is 12.8 Å². The molecule has 0 rings (SSSR count). The summed E-state index contributed by atoms with van der Waals surface area (Å²) in [6.45, 7) is 1.11. The molecule has 0 heterocycles. The zero-order valence-electron chi connectivity index (χ0n) is 9.02. The zero-order chi connectivity index (χ0) is 12.6. The third-order valence-corrected chi connectivity index (χ3v) is 1.42. The van der Waals surface area contributed by atoms with Crippen LogP contribution in [0.1, 0.15) is 25.7 Å². The lowest BCUT2D eigenvalue weighted by atomic mass is 10.2. The van der Waals surface area contributed by atoms with Gasteiger partial charge in [-0.3, -0.25) is 0 Å². The van der Waals surface area contributed by atoms with E-state index in [-0.39, 0.29) is 0 Å². The second-order valence-corrected chi connectivity index (χ2v) is 2.76. The number of carbonyl (C=O) groups excluding carboxylic acids is 3. The first kappa shape index (κ1) is 16.5. The van der Waals surface area contributed by atoms with Crippen LogP contribution in [0.4, 0.5) is 4.79 Å². The van der Waals surface area contributed by atoms with Gasteiger partial charge >= 0.3 is 6.03 Å². The summed E-state index contributed by atoms with van der Waals surface area (Å²) in [4.78, 5) is 35.1. The van der Waals surface area contributed by atoms with E-state index in [1.54, 1.807) is 0 Å². The van der Waals surface area contributed by atoms with E-state index >= 15 is 0 Å². The number of unbranched alkanes of at least 4 members (excludes halogenated alkanes) is 3. The molecule has 0 aliphatic heterocycles. The van der Waals surface area contributed by atoms with E-state index in [2.05, 4.69) is 21.5 Å². The largest absolute Gasteiger partial charge is 0.352 e. The maximum Gasteiger partial charge on any atom is 0.309 e. The average molecular weight is 228 g/mol. The lowest BCUT2D eigenvalue weighted by molar-refractivity contribution is 0.256. The number of urea groups is 1. The van der Waals surface area contributed by atoms with Crippen molar-refractivity contribution >= 4 is 18.2 Å². The molecule has 0 aliphatic carbocycles. The molecule has 0 aromatic carbocycles. The molecule has 16 heavy (non-hydrogen) atoms. The van der Waals surface area contributed by atoms with E-state index in [4.69, 9.17) is 4.79 Å². The minimum absolute atomic E-state index is 0.556. The summed E-state index contributed by atoms with van der Waals surface area (Å²) in [5, 5.41) is 0. The number of hydrogen-bond acceptors (Lipinski definition) is 5. The van der Waals surface area contributed by atoms with Crippen molar-refractivity contribution in [1.82, 2.24) is 0 Å². The topological polar surface area (TPSA) is 128 Å². The van der Waals surface area contributed by atoms with E-state index < -0.39 is 6.03 Å². The highest BCUT2D eigenvalue weighted by molar-refractivity contribution is 5.69. The Kier molecular flexibility index (Phi) is 15.9. The molecule has 0 spiro atoms. The van der Waals surface area contributed by atoms with Gasteiger partial charge < -0.3 is 11.5 Å². The quantitative estimate of drug-likeness (QED) is 0.368. The van der Waals surface area contributed by atoms with Crippen LogP contribution >= 0.6 is 0 Å². The van der Waals surface area contributed by atoms with Crippen molar-refractivity contribution in [1.29, 1.82) is 0 Å². The molecule has 0 saturated carbocycles. The highest BCUT2D eigenvalue weighted by atomic mass is 16.2. The molecule has 2 amide bonds. The minimum Gasteiger partial charge on any atom is -0.352 e. The average Bonchev–Trinajstić information content (AvgIpc) is 2.21. The van der Waals surface area contributed by atoms with Crippen molar-refractivity contribution in [2.75, 3.05) is 13.1 Å². The van der Waals surface area contributed by atoms with Crippen molar-refractivity contribution in [2.24, 2.45) is 21.5 Å². The predicted octanol–water partition coefficient (Wildman–Crippen LogP) is 0.242. The fourth-order valence-electron chi connectivity index (χ4n) is 0.827. The first-order chi connectivity index (χ1) is 7.65. The summed E-state index contributed by atoms with van der Waals surface area (Å²) >= 11 is 0. The molecule has 0 aromatic heterocycles. The molecule has 0 radical (unpaired) electrons. The number of nitrogens with two attached hydrogens (primary N) is 2. The van der Waals surface area contributed by atoms with Gasteiger partial charge in [0.25, 0.3) is 0 Å². The molecule has 0 aromatic rings. The van der Waals surface area contributed by atoms with Gasteiger partial charge in [0.1, 0.15) is 0 Å². The predicted molar refractivity (Wildman–Crippen MR) is 58.2 cm³/mol. The Hall–Kier alpha value is -1.97. The van der Waals surface area contributed by atoms with Gasteiger partial charge in [0.05, 0.1) is 13.1 Å². The molecule has 7 nitrogen and oxygen atoms in total. The molecular weight excluding hydrogens is 212 g/mol. The zero-order valence-corrected chi connectivity index (χ0v) is 9.02. The standard InChI is InChI=1S/C8H12N2O2.CH4N2O/c11-7-9-5-3-1-2-4-6-10-8-12;2-1(3)4/h1-6H2;(H4,2,3,4). The Bertz CT molecular complexity index is 242. The lowest BCUT2D eigenvalue weighted by Gasteiger charge is -1.93. The SMILES string of the molecule is NC(N)=O.O=C=NCCCCCCN=C=O. The van der Waals surface area contributed by atoms with E-state index in [9.17, 15) is 9.59 Å². The number of carbonyl (C=O) groups is 1. The molecule has 0 aliphatic rings. The molecule has 4 N–H and O–H groups in total. The molecule has 0 fully saturated rings. The summed E-state index contributed by atoms with van der Waals surface area (Å²) in [6, 6.07) is -0.833. The van der Waals surface area contributed by atoms with Crippen molar-refractivity contribution in [3.8, 4) is 0 Å². The van der Waals surface area contributed by atoms with Crippen molar-refractivity contribution in [2.45, 2.75) is 25.7 Å². The smallest absolute Gasteiger partial charge is 0.309 e. The normalized spacial score (nSPS) is 7.75. The molecule has 0 atom stereocenters. The molecule has 7 heteroatoms. The van der Waals surface area contributed by atoms with Crippen LogP contribution in [0, 0.1) is 0 Å². The molecule has 90 valence electrons. The van der Waals surface area contributed by atoms with Crippen LogP contribution in [-0.4, -0.2) is 31.3 Å². The molecule has 0 saturated heterocycles. The molecule has 0 bridgehead atoms. The summed E-state index contributed by atoms with van der Waals surface area (Å²) in [6.07, 6.45) is 6.80. The van der Waals surface area contributed by atoms with Crippen LogP contribution in [0.15, 0.2) is 9.98 Å². The fraction of sp³-hybridized carbons (Fsp3) is 0.667. The van der Waals surface area contributed by atoms with Gasteiger partial charge in [0.15, 0.2) is 0 Å². The van der Waals surface area contributed by atoms with Gasteiger partial charge in [-0.15, -0.1) is 0 Å². The maximum absolute atomic E-state index is 9.63. The number of nitrogens with zero attached hydrogens (tertiary/aromatic N) is 2. The Balaban J connectivity index is 0. The summed E-state index contributed by atoms with van der Waals surface area (Å²) in [5.41, 5.74) is 8.50. The fourth-order valence-corrected chi connectivity index (χ4v) is 0.827. The Morgan fingerprint density at radius 1 is 0.875 bits per heavy atom. The first-order valence-corrected chi connectivity index (χ1v) is 4.77. The van der Waals surface area contributed by atoms with Crippen LogP contribution < -0.4 is 11.5 Å². The van der Waals surface area contributed by atoms with Crippen LogP contribution in [0.5, 0.6) is 0 Å². The minimum atomic E-state index is -0.833. The van der Waals surface area contributed by atoms with Gasteiger partial charge in [-0.05, 0) is 12.8 Å². The highest BCUT2D eigenvalue weighted by Crippen LogP contribution is 1.99. The van der Waals surface area contributed by atoms with Crippen molar-refractivity contribution in [3.05, 3.63) is 0 Å². The number of hydrogen-bond donors (Lipinski definition) is 2. The van der Waals surface area contributed by atoms with Crippen molar-refractivity contribution in [3.63, 3.8) is 0 Å². The second kappa shape index (κ2) is 15.5. The summed E-state index contributed by atoms with van der Waals surface area (Å²) in [7, 11) is 0. The molecular formula is C9H16N4O3. The van der Waals surface area contributed by atoms with E-state index in [0.29, 0.717) is 13.1 Å². The van der Waals surface area contributed by atoms with E-state index in [1.165, 1.54) is 12.2 Å². The number of aliphatic imine (C=N–C) groups is 2. The van der Waals surface area contributed by atoms with E-state index in [0.717, 1.165) is 25.7 Å². The Morgan fingerprint density at radius 2 is 1.19 bits per heavy atom. The first-order valence-electron chi connectivity index (χ1n) is 4.77.